The topological polar surface area (TPSA) is 68.2 Å². The summed E-state index contributed by atoms with van der Waals surface area (Å²) in [5, 5.41) is 8.98. The summed E-state index contributed by atoms with van der Waals surface area (Å²) >= 11 is 0. The maximum absolute atomic E-state index is 12.2. The molecular weight excluding hydrogens is 237 g/mol. The third kappa shape index (κ3) is 3.48. The van der Waals surface area contributed by atoms with Gasteiger partial charge in [0, 0.05) is 24.5 Å². The van der Waals surface area contributed by atoms with E-state index in [2.05, 4.69) is 0 Å². The van der Waals surface area contributed by atoms with E-state index in [0.29, 0.717) is 0 Å². The van der Waals surface area contributed by atoms with Gasteiger partial charge in [-0.3, -0.25) is 4.79 Å². The number of alkyl halides is 3. The van der Waals surface area contributed by atoms with Crippen LogP contribution in [-0.4, -0.2) is 21.8 Å². The van der Waals surface area contributed by atoms with Gasteiger partial charge < -0.3 is 15.4 Å². The van der Waals surface area contributed by atoms with Gasteiger partial charge in [0.25, 0.3) is 0 Å². The quantitative estimate of drug-likeness (QED) is 0.843. The molecular formula is C10H13F3N2O2. The zero-order valence-corrected chi connectivity index (χ0v) is 9.11. The van der Waals surface area contributed by atoms with Crippen molar-refractivity contribution in [2.45, 2.75) is 25.7 Å². The van der Waals surface area contributed by atoms with Crippen molar-refractivity contribution in [1.29, 1.82) is 0 Å². The van der Waals surface area contributed by atoms with Crippen molar-refractivity contribution >= 4 is 5.91 Å². The second kappa shape index (κ2) is 4.79. The van der Waals surface area contributed by atoms with Crippen molar-refractivity contribution in [2.75, 3.05) is 0 Å². The summed E-state index contributed by atoms with van der Waals surface area (Å²) in [6, 6.07) is 1.16. The number of aromatic nitrogens is 1. The van der Waals surface area contributed by atoms with Crippen LogP contribution in [0.2, 0.25) is 0 Å². The van der Waals surface area contributed by atoms with Crippen LogP contribution in [0.4, 0.5) is 13.2 Å². The van der Waals surface area contributed by atoms with Crippen LogP contribution >= 0.6 is 0 Å². The lowest BCUT2D eigenvalue weighted by molar-refractivity contribution is -0.206. The van der Waals surface area contributed by atoms with Crippen molar-refractivity contribution in [3.05, 3.63) is 24.0 Å². The Labute approximate surface area is 95.8 Å². The zero-order valence-electron chi connectivity index (χ0n) is 9.11. The van der Waals surface area contributed by atoms with E-state index in [-0.39, 0.29) is 12.1 Å². The molecule has 1 aromatic rings. The molecule has 0 saturated heterocycles. The van der Waals surface area contributed by atoms with E-state index in [0.717, 1.165) is 12.3 Å². The number of nitrogens with zero attached hydrogens (tertiary/aromatic N) is 1. The molecule has 0 aliphatic carbocycles. The Bertz CT molecular complexity index is 401. The average Bonchev–Trinajstić information content (AvgIpc) is 2.63. The summed E-state index contributed by atoms with van der Waals surface area (Å²) < 4.78 is 38.0. The molecule has 1 heterocycles. The molecule has 1 aromatic heterocycles. The van der Waals surface area contributed by atoms with Crippen LogP contribution in [0, 0.1) is 5.92 Å². The van der Waals surface area contributed by atoms with Crippen LogP contribution in [0.1, 0.15) is 18.6 Å². The number of halogens is 3. The molecule has 7 heteroatoms. The standard InChI is InChI=1S/C10H13F3N2O2/c1-6(9(14)17)4-15-3-2-7(5-15)8(16)10(11,12)13/h2-3,5-6,8,16H,4H2,1H3,(H2,14,17). The van der Waals surface area contributed by atoms with Crippen LogP contribution in [-0.2, 0) is 11.3 Å². The smallest absolute Gasteiger partial charge is 0.379 e. The molecule has 2 atom stereocenters. The number of aliphatic hydroxyl groups is 1. The molecule has 0 saturated carbocycles. The van der Waals surface area contributed by atoms with Crippen LogP contribution < -0.4 is 5.73 Å². The van der Waals surface area contributed by atoms with Crippen molar-refractivity contribution in [2.24, 2.45) is 11.7 Å². The Hall–Kier alpha value is -1.50. The minimum Gasteiger partial charge on any atom is -0.379 e. The highest BCUT2D eigenvalue weighted by molar-refractivity contribution is 5.76. The lowest BCUT2D eigenvalue weighted by Crippen LogP contribution is -2.24. The van der Waals surface area contributed by atoms with Crippen molar-refractivity contribution < 1.29 is 23.1 Å². The van der Waals surface area contributed by atoms with Gasteiger partial charge in [-0.15, -0.1) is 0 Å². The maximum atomic E-state index is 12.2. The van der Waals surface area contributed by atoms with Gasteiger partial charge in [0.2, 0.25) is 5.91 Å². The number of carbonyl (C=O) groups is 1. The third-order valence-electron chi connectivity index (χ3n) is 2.37. The van der Waals surface area contributed by atoms with Crippen molar-refractivity contribution in [3.8, 4) is 0 Å². The fourth-order valence-corrected chi connectivity index (χ4v) is 1.33. The minimum absolute atomic E-state index is 0.180. The normalized spacial score (nSPS) is 15.6. The van der Waals surface area contributed by atoms with Gasteiger partial charge in [-0.2, -0.15) is 13.2 Å². The van der Waals surface area contributed by atoms with Crippen molar-refractivity contribution in [3.63, 3.8) is 0 Å². The van der Waals surface area contributed by atoms with Gasteiger partial charge in [0.15, 0.2) is 6.10 Å². The number of aliphatic hydroxyl groups excluding tert-OH is 1. The first-order chi connectivity index (χ1) is 7.71. The summed E-state index contributed by atoms with van der Waals surface area (Å²) in [5.74, 6) is -1.02. The Kier molecular flexibility index (Phi) is 3.82. The van der Waals surface area contributed by atoms with E-state index in [4.69, 9.17) is 10.8 Å². The van der Waals surface area contributed by atoms with Gasteiger partial charge in [-0.1, -0.05) is 6.92 Å². The fraction of sp³-hybridized carbons (Fsp3) is 0.500. The molecule has 96 valence electrons. The number of amides is 1. The first-order valence-electron chi connectivity index (χ1n) is 4.91. The van der Waals surface area contributed by atoms with Crippen LogP contribution in [0.25, 0.3) is 0 Å². The highest BCUT2D eigenvalue weighted by Gasteiger charge is 2.39. The lowest BCUT2D eigenvalue weighted by Gasteiger charge is -2.13. The monoisotopic (exact) mass is 250 g/mol. The predicted octanol–water partition coefficient (Wildman–Crippen LogP) is 1.21. The Morgan fingerprint density at radius 3 is 2.65 bits per heavy atom. The molecule has 0 fully saturated rings. The minimum atomic E-state index is -4.69. The Morgan fingerprint density at radius 1 is 1.59 bits per heavy atom. The van der Waals surface area contributed by atoms with Crippen LogP contribution in [0.3, 0.4) is 0 Å². The number of primary amides is 1. The molecule has 2 unspecified atom stereocenters. The molecule has 0 bridgehead atoms. The van der Waals surface area contributed by atoms with E-state index in [1.165, 1.54) is 10.8 Å². The molecule has 0 aliphatic rings. The molecule has 0 radical (unpaired) electrons. The number of hydrogen-bond donors (Lipinski definition) is 2. The summed E-state index contributed by atoms with van der Waals surface area (Å²) in [7, 11) is 0. The maximum Gasteiger partial charge on any atom is 0.418 e. The molecule has 17 heavy (non-hydrogen) atoms. The molecule has 1 rings (SSSR count). The van der Waals surface area contributed by atoms with Gasteiger partial charge in [0.05, 0.1) is 5.92 Å². The van der Waals surface area contributed by atoms with E-state index in [1.54, 1.807) is 6.92 Å². The molecule has 0 spiro atoms. The van der Waals surface area contributed by atoms with E-state index in [1.807, 2.05) is 0 Å². The summed E-state index contributed by atoms with van der Waals surface area (Å²) in [4.78, 5) is 10.8. The summed E-state index contributed by atoms with van der Waals surface area (Å²) in [5.41, 5.74) is 4.78. The summed E-state index contributed by atoms with van der Waals surface area (Å²) in [6.07, 6.45) is -4.68. The number of hydrogen-bond acceptors (Lipinski definition) is 2. The SMILES string of the molecule is CC(Cn1ccc(C(O)C(F)(F)F)c1)C(N)=O. The highest BCUT2D eigenvalue weighted by atomic mass is 19.4. The largest absolute Gasteiger partial charge is 0.418 e. The Morgan fingerprint density at radius 2 is 2.18 bits per heavy atom. The number of nitrogens with two attached hydrogens (primary N) is 1. The highest BCUT2D eigenvalue weighted by Crippen LogP contribution is 2.32. The van der Waals surface area contributed by atoms with Gasteiger partial charge in [0.1, 0.15) is 0 Å². The van der Waals surface area contributed by atoms with E-state index >= 15 is 0 Å². The van der Waals surface area contributed by atoms with E-state index < -0.39 is 24.1 Å². The Balaban J connectivity index is 2.75. The second-order valence-electron chi connectivity index (χ2n) is 3.89. The predicted molar refractivity (Wildman–Crippen MR) is 53.8 cm³/mol. The summed E-state index contributed by atoms with van der Waals surface area (Å²) in [6.45, 7) is 1.75. The first-order valence-corrected chi connectivity index (χ1v) is 4.91. The van der Waals surface area contributed by atoms with E-state index in [9.17, 15) is 18.0 Å². The molecule has 4 nitrogen and oxygen atoms in total. The third-order valence-corrected chi connectivity index (χ3v) is 2.37. The lowest BCUT2D eigenvalue weighted by atomic mass is 10.2. The van der Waals surface area contributed by atoms with Gasteiger partial charge >= 0.3 is 6.18 Å². The van der Waals surface area contributed by atoms with Gasteiger partial charge in [-0.25, -0.2) is 0 Å². The molecule has 0 aliphatic heterocycles. The van der Waals surface area contributed by atoms with Crippen LogP contribution in [0.5, 0.6) is 0 Å². The average molecular weight is 250 g/mol. The second-order valence-corrected chi connectivity index (χ2v) is 3.89. The zero-order chi connectivity index (χ0) is 13.2. The van der Waals surface area contributed by atoms with Crippen LogP contribution in [0.15, 0.2) is 18.5 Å². The number of carbonyl (C=O) groups excluding carboxylic acids is 1. The first kappa shape index (κ1) is 13.6. The van der Waals surface area contributed by atoms with Crippen molar-refractivity contribution in [1.82, 2.24) is 4.57 Å². The molecule has 3 N–H and O–H groups in total. The molecule has 0 aromatic carbocycles. The van der Waals surface area contributed by atoms with Gasteiger partial charge in [-0.05, 0) is 6.07 Å². The molecule has 1 amide bonds. The fourth-order valence-electron chi connectivity index (χ4n) is 1.33. The number of rotatable bonds is 4.